The minimum absolute atomic E-state index is 0.0626. The summed E-state index contributed by atoms with van der Waals surface area (Å²) in [5.74, 6) is 0. The lowest BCUT2D eigenvalue weighted by molar-refractivity contribution is 0.660. The van der Waals surface area contributed by atoms with Crippen LogP contribution in [0.3, 0.4) is 0 Å². The Morgan fingerprint density at radius 3 is 1.76 bits per heavy atom. The number of furan rings is 1. The zero-order chi connectivity index (χ0) is 39.5. The molecule has 8 aromatic carbocycles. The molecule has 0 aliphatic heterocycles. The first-order valence-electron chi connectivity index (χ1n) is 20.7. The van der Waals surface area contributed by atoms with Crippen molar-refractivity contribution >= 4 is 44.6 Å². The lowest BCUT2D eigenvalue weighted by atomic mass is 9.81. The summed E-state index contributed by atoms with van der Waals surface area (Å²) in [5, 5.41) is 2.29. The lowest BCUT2D eigenvalue weighted by Gasteiger charge is -2.26. The lowest BCUT2D eigenvalue weighted by Crippen LogP contribution is -2.15. The van der Waals surface area contributed by atoms with Crippen molar-refractivity contribution in [3.05, 3.63) is 217 Å². The number of fused-ring (bicyclic) bond motifs is 6. The topological polar surface area (TPSA) is 16.4 Å². The van der Waals surface area contributed by atoms with E-state index >= 15 is 0 Å². The predicted octanol–water partition coefficient (Wildman–Crippen LogP) is 16.1. The van der Waals surface area contributed by atoms with Crippen molar-refractivity contribution in [3.63, 3.8) is 0 Å². The van der Waals surface area contributed by atoms with Gasteiger partial charge in [-0.15, -0.1) is 0 Å². The first kappa shape index (κ1) is 35.0. The van der Waals surface area contributed by atoms with Gasteiger partial charge in [0.15, 0.2) is 0 Å². The first-order valence-corrected chi connectivity index (χ1v) is 20.7. The number of nitrogens with zero attached hydrogens (tertiary/aromatic N) is 1. The van der Waals surface area contributed by atoms with Crippen LogP contribution in [0.1, 0.15) is 43.4 Å². The predicted molar refractivity (Wildman–Crippen MR) is 249 cm³/mol. The van der Waals surface area contributed by atoms with E-state index in [9.17, 15) is 0 Å². The van der Waals surface area contributed by atoms with Gasteiger partial charge in [-0.2, -0.15) is 0 Å². The molecular weight excluding hydrogens is 715 g/mol. The molecule has 0 amide bonds. The minimum atomic E-state index is -0.0626. The summed E-state index contributed by atoms with van der Waals surface area (Å²) >= 11 is 0. The van der Waals surface area contributed by atoms with E-state index in [2.05, 4.69) is 207 Å². The highest BCUT2D eigenvalue weighted by Gasteiger charge is 2.36. The number of para-hydroxylation sites is 1. The van der Waals surface area contributed by atoms with Crippen molar-refractivity contribution in [1.29, 1.82) is 0 Å². The number of anilines is 3. The number of allylic oxidation sites excluding steroid dienone is 4. The summed E-state index contributed by atoms with van der Waals surface area (Å²) in [6.45, 7) is 4.74. The summed E-state index contributed by atoms with van der Waals surface area (Å²) in [4.78, 5) is 2.35. The van der Waals surface area contributed by atoms with E-state index in [0.29, 0.717) is 0 Å². The number of hydrogen-bond donors (Lipinski definition) is 0. The van der Waals surface area contributed by atoms with E-state index in [0.717, 1.165) is 57.4 Å². The van der Waals surface area contributed by atoms with Crippen molar-refractivity contribution in [2.45, 2.75) is 32.1 Å². The van der Waals surface area contributed by atoms with Crippen molar-refractivity contribution in [1.82, 2.24) is 0 Å². The Morgan fingerprint density at radius 1 is 0.441 bits per heavy atom. The van der Waals surface area contributed by atoms with Gasteiger partial charge in [0.05, 0.1) is 0 Å². The number of rotatable bonds is 7. The third-order valence-corrected chi connectivity index (χ3v) is 12.5. The summed E-state index contributed by atoms with van der Waals surface area (Å²) in [6.07, 6.45) is 9.19. The fourth-order valence-electron chi connectivity index (χ4n) is 9.43. The molecule has 9 aromatic rings. The molecule has 0 unspecified atom stereocenters. The van der Waals surface area contributed by atoms with Gasteiger partial charge in [0.2, 0.25) is 0 Å². The Labute approximate surface area is 346 Å². The van der Waals surface area contributed by atoms with Crippen LogP contribution in [0.5, 0.6) is 0 Å². The van der Waals surface area contributed by atoms with Crippen LogP contribution in [0.15, 0.2) is 205 Å². The molecule has 0 atom stereocenters. The van der Waals surface area contributed by atoms with Crippen LogP contribution in [0, 0.1) is 0 Å². The SMILES string of the molecule is CC1(C)c2ccc(-c3ccc(N(c4ccc(-c5ccccc5)cc4)c4ccc(-c5cccc6oc7ccccc7c56)cc4)cc3)cc2-c2ccc(C3=CCCC=C3)cc21. The van der Waals surface area contributed by atoms with Crippen molar-refractivity contribution in [2.24, 2.45) is 0 Å². The normalized spacial score (nSPS) is 14.0. The van der Waals surface area contributed by atoms with Gasteiger partial charge in [-0.1, -0.05) is 153 Å². The molecular formula is C57H43NO. The number of benzene rings is 8. The van der Waals surface area contributed by atoms with Gasteiger partial charge in [0, 0.05) is 33.2 Å². The molecule has 59 heavy (non-hydrogen) atoms. The highest BCUT2D eigenvalue weighted by atomic mass is 16.3. The second-order valence-electron chi connectivity index (χ2n) is 16.4. The second kappa shape index (κ2) is 14.0. The van der Waals surface area contributed by atoms with Crippen LogP contribution in [0.4, 0.5) is 17.1 Å². The van der Waals surface area contributed by atoms with Crippen molar-refractivity contribution in [3.8, 4) is 44.5 Å². The van der Waals surface area contributed by atoms with Gasteiger partial charge in [0.25, 0.3) is 0 Å². The molecule has 0 bridgehead atoms. The van der Waals surface area contributed by atoms with E-state index < -0.39 is 0 Å². The molecule has 0 saturated carbocycles. The van der Waals surface area contributed by atoms with Gasteiger partial charge < -0.3 is 9.32 Å². The van der Waals surface area contributed by atoms with Gasteiger partial charge in [-0.25, -0.2) is 0 Å². The fourth-order valence-corrected chi connectivity index (χ4v) is 9.43. The Kier molecular flexibility index (Phi) is 8.34. The summed E-state index contributed by atoms with van der Waals surface area (Å²) in [7, 11) is 0. The van der Waals surface area contributed by atoms with E-state index in [4.69, 9.17) is 4.42 Å². The summed E-state index contributed by atoms with van der Waals surface area (Å²) < 4.78 is 6.23. The van der Waals surface area contributed by atoms with Gasteiger partial charge in [0.1, 0.15) is 11.2 Å². The molecule has 2 nitrogen and oxygen atoms in total. The molecule has 0 spiro atoms. The molecule has 0 saturated heterocycles. The molecule has 0 N–H and O–H groups in total. The van der Waals surface area contributed by atoms with Crippen LogP contribution < -0.4 is 4.90 Å². The molecule has 0 radical (unpaired) electrons. The molecule has 282 valence electrons. The quantitative estimate of drug-likeness (QED) is 0.161. The number of hydrogen-bond acceptors (Lipinski definition) is 2. The Bertz CT molecular complexity index is 3090. The third kappa shape index (κ3) is 6.03. The Hall–Kier alpha value is -7.16. The monoisotopic (exact) mass is 757 g/mol. The average molecular weight is 758 g/mol. The van der Waals surface area contributed by atoms with E-state index in [1.165, 1.54) is 61.2 Å². The van der Waals surface area contributed by atoms with Crippen LogP contribution in [-0.4, -0.2) is 0 Å². The van der Waals surface area contributed by atoms with E-state index in [-0.39, 0.29) is 5.41 Å². The average Bonchev–Trinajstić information content (AvgIpc) is 3.79. The summed E-state index contributed by atoms with van der Waals surface area (Å²) in [5.41, 5.74) is 20.3. The van der Waals surface area contributed by atoms with Crippen LogP contribution >= 0.6 is 0 Å². The Morgan fingerprint density at radius 2 is 1.05 bits per heavy atom. The Balaban J connectivity index is 0.955. The summed E-state index contributed by atoms with van der Waals surface area (Å²) in [6, 6.07) is 66.3. The van der Waals surface area contributed by atoms with Gasteiger partial charge >= 0.3 is 0 Å². The molecule has 2 heteroatoms. The highest BCUT2D eigenvalue weighted by Crippen LogP contribution is 2.51. The minimum Gasteiger partial charge on any atom is -0.456 e. The zero-order valence-electron chi connectivity index (χ0n) is 33.3. The van der Waals surface area contributed by atoms with Gasteiger partial charge in [-0.3, -0.25) is 0 Å². The fraction of sp³-hybridized carbons (Fsp3) is 0.0877. The van der Waals surface area contributed by atoms with Crippen molar-refractivity contribution in [2.75, 3.05) is 4.90 Å². The van der Waals surface area contributed by atoms with Crippen LogP contribution in [0.2, 0.25) is 0 Å². The largest absolute Gasteiger partial charge is 0.456 e. The molecule has 2 aliphatic rings. The maximum absolute atomic E-state index is 6.23. The molecule has 1 aromatic heterocycles. The van der Waals surface area contributed by atoms with Crippen LogP contribution in [-0.2, 0) is 5.41 Å². The van der Waals surface area contributed by atoms with Crippen LogP contribution in [0.25, 0.3) is 72.0 Å². The van der Waals surface area contributed by atoms with E-state index in [1.807, 2.05) is 12.1 Å². The molecule has 2 aliphatic carbocycles. The smallest absolute Gasteiger partial charge is 0.136 e. The maximum atomic E-state index is 6.23. The zero-order valence-corrected chi connectivity index (χ0v) is 33.3. The van der Waals surface area contributed by atoms with Crippen molar-refractivity contribution < 1.29 is 4.42 Å². The maximum Gasteiger partial charge on any atom is 0.136 e. The standard InChI is InChI=1S/C57H43NO/c1-57(2)52-35-27-43(36-51(52)49-34-26-44(37-53(49)57)39-14-7-4-8-15-39)41-22-30-46(31-23-41)58(45-28-20-40(21-29-45)38-12-5-3-6-13-38)47-32-24-42(25-33-47)48-17-11-19-55-56(48)50-16-9-10-18-54(50)59-55/h3,5-7,9-37H,4,8H2,1-2H3. The highest BCUT2D eigenvalue weighted by molar-refractivity contribution is 6.12. The third-order valence-electron chi connectivity index (χ3n) is 12.5. The van der Waals surface area contributed by atoms with E-state index in [1.54, 1.807) is 0 Å². The van der Waals surface area contributed by atoms with Gasteiger partial charge in [-0.05, 0) is 140 Å². The first-order chi connectivity index (χ1) is 29.0. The molecule has 1 heterocycles. The molecule has 11 rings (SSSR count). The second-order valence-corrected chi connectivity index (χ2v) is 16.4. The molecule has 0 fully saturated rings.